The minimum atomic E-state index is -1.08. The van der Waals surface area contributed by atoms with Gasteiger partial charge in [-0.15, -0.1) is 0 Å². The molecule has 8 heteroatoms. The number of carboxylic acid groups (broad SMARTS) is 1. The van der Waals surface area contributed by atoms with E-state index in [0.29, 0.717) is 12.8 Å². The Balaban J connectivity index is 4.10. The summed E-state index contributed by atoms with van der Waals surface area (Å²) in [6.07, 6.45) is 39.9. The molecule has 0 aromatic carbocycles. The number of ether oxygens (including phenoxy) is 1. The van der Waals surface area contributed by atoms with Crippen LogP contribution in [0.5, 0.6) is 0 Å². The zero-order chi connectivity index (χ0) is 37.5. The van der Waals surface area contributed by atoms with E-state index in [1.54, 1.807) is 0 Å². The molecule has 0 aliphatic heterocycles. The number of unbranched alkanes of at least 4 members (excludes halogenated alkanes) is 22. The maximum Gasteiger partial charge on any atom is 0.306 e. The lowest BCUT2D eigenvalue weighted by atomic mass is 10.1. The van der Waals surface area contributed by atoms with E-state index in [1.165, 1.54) is 103 Å². The van der Waals surface area contributed by atoms with E-state index < -0.39 is 18.0 Å². The predicted octanol–water partition coefficient (Wildman–Crippen LogP) is 11.1. The molecule has 296 valence electrons. The van der Waals surface area contributed by atoms with Gasteiger partial charge in [-0.1, -0.05) is 141 Å². The molecule has 0 heterocycles. The Morgan fingerprint density at radius 2 is 0.804 bits per heavy atom. The lowest BCUT2D eigenvalue weighted by molar-refractivity contribution is -0.152. The molecule has 0 aliphatic carbocycles. The third-order valence-electron chi connectivity index (χ3n) is 9.23. The lowest BCUT2D eigenvalue weighted by Crippen LogP contribution is -2.42. The number of rotatable bonds is 38. The molecule has 0 unspecified atom stereocenters. The van der Waals surface area contributed by atoms with Crippen molar-refractivity contribution in [1.82, 2.24) is 10.6 Å². The molecule has 8 nitrogen and oxygen atoms in total. The molecule has 0 atom stereocenters. The van der Waals surface area contributed by atoms with Crippen molar-refractivity contribution in [3.8, 4) is 0 Å². The molecule has 0 aromatic heterocycles. The van der Waals surface area contributed by atoms with Gasteiger partial charge in [-0.25, -0.2) is 0 Å². The van der Waals surface area contributed by atoms with Crippen LogP contribution in [0.2, 0.25) is 0 Å². The first kappa shape index (κ1) is 48.4. The highest BCUT2D eigenvalue weighted by molar-refractivity contribution is 5.78. The van der Waals surface area contributed by atoms with E-state index in [4.69, 9.17) is 9.84 Å². The number of aliphatic carboxylic acids is 1. The van der Waals surface area contributed by atoms with Gasteiger partial charge in [0.2, 0.25) is 11.8 Å². The van der Waals surface area contributed by atoms with Gasteiger partial charge >= 0.3 is 11.9 Å². The Morgan fingerprint density at radius 1 is 0.471 bits per heavy atom. The molecular weight excluding hydrogens is 640 g/mol. The molecular formula is C43H78N2O6. The van der Waals surface area contributed by atoms with Gasteiger partial charge in [-0.3, -0.25) is 19.2 Å². The number of allylic oxidation sites excluding steroid dienone is 4. The summed E-state index contributed by atoms with van der Waals surface area (Å²) in [5.41, 5.74) is 0. The summed E-state index contributed by atoms with van der Waals surface area (Å²) in [5, 5.41) is 14.5. The van der Waals surface area contributed by atoms with E-state index >= 15 is 0 Å². The average Bonchev–Trinajstić information content (AvgIpc) is 3.11. The van der Waals surface area contributed by atoms with Crippen LogP contribution in [0.15, 0.2) is 24.3 Å². The van der Waals surface area contributed by atoms with Gasteiger partial charge in [-0.2, -0.15) is 0 Å². The Morgan fingerprint density at radius 3 is 1.16 bits per heavy atom. The van der Waals surface area contributed by atoms with Crippen molar-refractivity contribution in [1.29, 1.82) is 0 Å². The van der Waals surface area contributed by atoms with E-state index in [0.717, 1.165) is 64.2 Å². The fourth-order valence-corrected chi connectivity index (χ4v) is 5.95. The molecule has 0 saturated heterocycles. The summed E-state index contributed by atoms with van der Waals surface area (Å²) >= 11 is 0. The molecule has 0 fully saturated rings. The van der Waals surface area contributed by atoms with E-state index in [9.17, 15) is 19.2 Å². The molecule has 2 amide bonds. The topological polar surface area (TPSA) is 122 Å². The summed E-state index contributed by atoms with van der Waals surface area (Å²) in [7, 11) is 0. The third kappa shape index (κ3) is 38.4. The van der Waals surface area contributed by atoms with Crippen molar-refractivity contribution >= 4 is 23.8 Å². The van der Waals surface area contributed by atoms with Crippen LogP contribution in [-0.2, 0) is 23.9 Å². The molecule has 0 spiro atoms. The monoisotopic (exact) mass is 719 g/mol. The Hall–Kier alpha value is -2.64. The van der Waals surface area contributed by atoms with Crippen LogP contribution >= 0.6 is 0 Å². The fraction of sp³-hybridized carbons (Fsp3) is 0.814. The van der Waals surface area contributed by atoms with Crippen LogP contribution in [0.3, 0.4) is 0 Å². The molecule has 51 heavy (non-hydrogen) atoms. The predicted molar refractivity (Wildman–Crippen MR) is 212 cm³/mol. The second kappa shape index (κ2) is 38.6. The lowest BCUT2D eigenvalue weighted by Gasteiger charge is -2.19. The van der Waals surface area contributed by atoms with Crippen LogP contribution in [0, 0.1) is 0 Å². The molecule has 3 N–H and O–H groups in total. The van der Waals surface area contributed by atoms with E-state index in [-0.39, 0.29) is 37.7 Å². The number of hydrogen-bond donors (Lipinski definition) is 3. The molecule has 0 rings (SSSR count). The normalized spacial score (nSPS) is 11.5. The number of carboxylic acids is 1. The van der Waals surface area contributed by atoms with Crippen molar-refractivity contribution < 1.29 is 29.0 Å². The minimum absolute atomic E-state index is 0.0798. The zero-order valence-electron chi connectivity index (χ0n) is 33.0. The van der Waals surface area contributed by atoms with Gasteiger partial charge in [0.25, 0.3) is 0 Å². The number of carbonyl (C=O) groups is 4. The van der Waals surface area contributed by atoms with Crippen LogP contribution in [0.4, 0.5) is 0 Å². The van der Waals surface area contributed by atoms with Crippen molar-refractivity contribution in [3.63, 3.8) is 0 Å². The second-order valence-corrected chi connectivity index (χ2v) is 14.3. The quantitative estimate of drug-likeness (QED) is 0.0332. The van der Waals surface area contributed by atoms with Crippen molar-refractivity contribution in [3.05, 3.63) is 24.3 Å². The summed E-state index contributed by atoms with van der Waals surface area (Å²) in [5.74, 6) is -1.96. The largest absolute Gasteiger partial charge is 0.481 e. The number of hydrogen-bond acceptors (Lipinski definition) is 5. The van der Waals surface area contributed by atoms with Crippen LogP contribution in [0.1, 0.15) is 206 Å². The fourth-order valence-electron chi connectivity index (χ4n) is 5.95. The summed E-state index contributed by atoms with van der Waals surface area (Å²) in [4.78, 5) is 48.0. The standard InChI is InChI=1S/C43H78N2O6/c1-3-5-7-9-11-13-15-17-19-21-23-25-27-29-31-33-40(46)44-37-39(51-43(50)36-35-42(48)49)38-45-41(47)34-32-30-28-26-24-22-20-18-16-14-12-10-8-6-4-2/h17-20,39H,3-16,21-38H2,1-2H3,(H,44,46)(H,45,47)(H,48,49)/b19-17-,20-18-. The van der Waals surface area contributed by atoms with Crippen molar-refractivity contribution in [2.24, 2.45) is 0 Å². The minimum Gasteiger partial charge on any atom is -0.481 e. The Bertz CT molecular complexity index is 847. The molecule has 0 radical (unpaired) electrons. The highest BCUT2D eigenvalue weighted by Gasteiger charge is 2.18. The van der Waals surface area contributed by atoms with Gasteiger partial charge < -0.3 is 20.5 Å². The SMILES string of the molecule is CCCCCCCC/C=C\CCCCCCCC(=O)NCC(CNC(=O)CCCCCCC/C=C\CCCCCCCC)OC(=O)CCC(=O)O. The second-order valence-electron chi connectivity index (χ2n) is 14.3. The molecule has 0 aromatic rings. The van der Waals surface area contributed by atoms with Crippen molar-refractivity contribution in [2.75, 3.05) is 13.1 Å². The number of amides is 2. The first-order valence-electron chi connectivity index (χ1n) is 21.1. The zero-order valence-corrected chi connectivity index (χ0v) is 33.0. The number of carbonyl (C=O) groups excluding carboxylic acids is 3. The third-order valence-corrected chi connectivity index (χ3v) is 9.23. The van der Waals surface area contributed by atoms with Gasteiger partial charge in [-0.05, 0) is 64.2 Å². The highest BCUT2D eigenvalue weighted by atomic mass is 16.5. The molecule has 0 bridgehead atoms. The molecule has 0 saturated carbocycles. The van der Waals surface area contributed by atoms with Gasteiger partial charge in [0.15, 0.2) is 0 Å². The first-order valence-corrected chi connectivity index (χ1v) is 21.1. The number of nitrogens with one attached hydrogen (secondary N) is 2. The highest BCUT2D eigenvalue weighted by Crippen LogP contribution is 2.12. The summed E-state index contributed by atoms with van der Waals surface area (Å²) in [6, 6.07) is 0. The summed E-state index contributed by atoms with van der Waals surface area (Å²) in [6.45, 7) is 4.66. The first-order chi connectivity index (χ1) is 24.9. The summed E-state index contributed by atoms with van der Waals surface area (Å²) < 4.78 is 5.42. The smallest absolute Gasteiger partial charge is 0.306 e. The van der Waals surface area contributed by atoms with Crippen LogP contribution in [0.25, 0.3) is 0 Å². The maximum absolute atomic E-state index is 12.5. The van der Waals surface area contributed by atoms with Gasteiger partial charge in [0.1, 0.15) is 6.10 Å². The van der Waals surface area contributed by atoms with Crippen LogP contribution in [-0.4, -0.2) is 48.1 Å². The Labute approximate surface area is 312 Å². The van der Waals surface area contributed by atoms with E-state index in [2.05, 4.69) is 48.8 Å². The van der Waals surface area contributed by atoms with Gasteiger partial charge in [0.05, 0.1) is 25.9 Å². The van der Waals surface area contributed by atoms with Crippen LogP contribution < -0.4 is 10.6 Å². The maximum atomic E-state index is 12.5. The number of esters is 1. The average molecular weight is 719 g/mol. The van der Waals surface area contributed by atoms with Crippen molar-refractivity contribution in [2.45, 2.75) is 213 Å². The molecule has 0 aliphatic rings. The van der Waals surface area contributed by atoms with Gasteiger partial charge in [0, 0.05) is 12.8 Å². The van der Waals surface area contributed by atoms with E-state index in [1.807, 2.05) is 0 Å². The Kier molecular flexibility index (Phi) is 36.6.